The standard InChI is InChI=1S/C12H18N2O4/c1-17-7-2-6-14-10(3-5-13-14)11-9(12(15)16)4-8-18-11/h3,5,9,11H,2,4,6-8H2,1H3,(H,15,16)/t9-,11+/m0/s1. The van der Waals surface area contributed by atoms with Gasteiger partial charge in [0.05, 0.1) is 11.6 Å². The maximum Gasteiger partial charge on any atom is 0.309 e. The number of nitrogens with zero attached hydrogens (tertiary/aromatic N) is 2. The summed E-state index contributed by atoms with van der Waals surface area (Å²) in [5.41, 5.74) is 0.844. The van der Waals surface area contributed by atoms with Gasteiger partial charge in [0.25, 0.3) is 0 Å². The van der Waals surface area contributed by atoms with Gasteiger partial charge in [0.2, 0.25) is 0 Å². The molecule has 0 aromatic carbocycles. The summed E-state index contributed by atoms with van der Waals surface area (Å²) in [7, 11) is 1.66. The van der Waals surface area contributed by atoms with Gasteiger partial charge in [0.15, 0.2) is 0 Å². The van der Waals surface area contributed by atoms with Crippen molar-refractivity contribution >= 4 is 5.97 Å². The molecule has 2 heterocycles. The van der Waals surface area contributed by atoms with E-state index in [0.29, 0.717) is 26.2 Å². The number of carboxylic acid groups (broad SMARTS) is 1. The fraction of sp³-hybridized carbons (Fsp3) is 0.667. The highest BCUT2D eigenvalue weighted by Crippen LogP contribution is 2.34. The van der Waals surface area contributed by atoms with Crippen LogP contribution in [0.15, 0.2) is 12.3 Å². The Balaban J connectivity index is 2.08. The van der Waals surface area contributed by atoms with Crippen LogP contribution in [0.3, 0.4) is 0 Å². The molecular weight excluding hydrogens is 236 g/mol. The summed E-state index contributed by atoms with van der Waals surface area (Å²) in [5.74, 6) is -1.27. The third kappa shape index (κ3) is 2.70. The number of aromatic nitrogens is 2. The molecule has 0 spiro atoms. The van der Waals surface area contributed by atoms with Crippen LogP contribution in [0, 0.1) is 5.92 Å². The van der Waals surface area contributed by atoms with Crippen LogP contribution in [0.4, 0.5) is 0 Å². The normalized spacial score (nSPS) is 23.4. The van der Waals surface area contributed by atoms with E-state index in [1.807, 2.05) is 10.7 Å². The molecule has 0 saturated carbocycles. The van der Waals surface area contributed by atoms with Gasteiger partial charge in [0, 0.05) is 33.1 Å². The van der Waals surface area contributed by atoms with E-state index in [1.54, 1.807) is 13.3 Å². The van der Waals surface area contributed by atoms with Crippen molar-refractivity contribution in [1.29, 1.82) is 0 Å². The van der Waals surface area contributed by atoms with E-state index < -0.39 is 11.9 Å². The maximum absolute atomic E-state index is 11.1. The third-order valence-corrected chi connectivity index (χ3v) is 3.17. The largest absolute Gasteiger partial charge is 0.481 e. The predicted molar refractivity (Wildman–Crippen MR) is 63.2 cm³/mol. The molecule has 0 radical (unpaired) electrons. The Bertz CT molecular complexity index is 405. The second-order valence-electron chi connectivity index (χ2n) is 4.35. The molecule has 18 heavy (non-hydrogen) atoms. The summed E-state index contributed by atoms with van der Waals surface area (Å²) >= 11 is 0. The highest BCUT2D eigenvalue weighted by atomic mass is 16.5. The lowest BCUT2D eigenvalue weighted by Crippen LogP contribution is -2.20. The first-order valence-electron chi connectivity index (χ1n) is 6.09. The third-order valence-electron chi connectivity index (χ3n) is 3.17. The number of rotatable bonds is 6. The van der Waals surface area contributed by atoms with Crippen molar-refractivity contribution in [2.45, 2.75) is 25.5 Å². The smallest absolute Gasteiger partial charge is 0.309 e. The van der Waals surface area contributed by atoms with E-state index in [0.717, 1.165) is 12.1 Å². The van der Waals surface area contributed by atoms with Crippen molar-refractivity contribution in [1.82, 2.24) is 9.78 Å². The Morgan fingerprint density at radius 1 is 1.72 bits per heavy atom. The predicted octanol–water partition coefficient (Wildman–Crippen LogP) is 1.08. The van der Waals surface area contributed by atoms with Crippen molar-refractivity contribution in [2.24, 2.45) is 5.92 Å². The summed E-state index contributed by atoms with van der Waals surface area (Å²) in [4.78, 5) is 11.1. The first-order chi connectivity index (χ1) is 8.74. The fourth-order valence-corrected chi connectivity index (χ4v) is 2.26. The van der Waals surface area contributed by atoms with Gasteiger partial charge in [-0.3, -0.25) is 9.48 Å². The Labute approximate surface area is 106 Å². The molecule has 0 amide bonds. The van der Waals surface area contributed by atoms with E-state index >= 15 is 0 Å². The van der Waals surface area contributed by atoms with Crippen LogP contribution in [0.5, 0.6) is 0 Å². The van der Waals surface area contributed by atoms with Gasteiger partial charge in [-0.1, -0.05) is 0 Å². The lowest BCUT2D eigenvalue weighted by Gasteiger charge is -2.16. The number of hydrogen-bond acceptors (Lipinski definition) is 4. The van der Waals surface area contributed by atoms with Crippen molar-refractivity contribution in [3.8, 4) is 0 Å². The highest BCUT2D eigenvalue weighted by Gasteiger charge is 2.36. The van der Waals surface area contributed by atoms with E-state index in [1.165, 1.54) is 0 Å². The van der Waals surface area contributed by atoms with Crippen molar-refractivity contribution < 1.29 is 19.4 Å². The van der Waals surface area contributed by atoms with Gasteiger partial charge in [0.1, 0.15) is 6.10 Å². The average Bonchev–Trinajstić information content (AvgIpc) is 2.96. The van der Waals surface area contributed by atoms with Gasteiger partial charge in [-0.25, -0.2) is 0 Å². The average molecular weight is 254 g/mol. The van der Waals surface area contributed by atoms with Crippen LogP contribution in [0.2, 0.25) is 0 Å². The molecule has 1 fully saturated rings. The van der Waals surface area contributed by atoms with Crippen LogP contribution in [-0.4, -0.2) is 41.2 Å². The van der Waals surface area contributed by atoms with Crippen molar-refractivity contribution in [2.75, 3.05) is 20.3 Å². The summed E-state index contributed by atoms with van der Waals surface area (Å²) in [5, 5.41) is 13.4. The number of ether oxygens (including phenoxy) is 2. The zero-order chi connectivity index (χ0) is 13.0. The number of carbonyl (C=O) groups is 1. The second-order valence-corrected chi connectivity index (χ2v) is 4.35. The van der Waals surface area contributed by atoms with E-state index in [-0.39, 0.29) is 6.10 Å². The van der Waals surface area contributed by atoms with Crippen LogP contribution in [0.25, 0.3) is 0 Å². The van der Waals surface area contributed by atoms with Gasteiger partial charge in [-0.15, -0.1) is 0 Å². The molecule has 0 aliphatic carbocycles. The lowest BCUT2D eigenvalue weighted by atomic mass is 9.99. The van der Waals surface area contributed by atoms with E-state index in [9.17, 15) is 4.79 Å². The van der Waals surface area contributed by atoms with Crippen LogP contribution in [-0.2, 0) is 20.8 Å². The monoisotopic (exact) mass is 254 g/mol. The first kappa shape index (κ1) is 13.0. The van der Waals surface area contributed by atoms with Crippen LogP contribution in [0.1, 0.15) is 24.6 Å². The Morgan fingerprint density at radius 2 is 2.56 bits per heavy atom. The van der Waals surface area contributed by atoms with Gasteiger partial charge < -0.3 is 14.6 Å². The zero-order valence-corrected chi connectivity index (χ0v) is 10.4. The molecule has 0 unspecified atom stereocenters. The van der Waals surface area contributed by atoms with Gasteiger partial charge >= 0.3 is 5.97 Å². The minimum Gasteiger partial charge on any atom is -0.481 e. The number of methoxy groups -OCH3 is 1. The Morgan fingerprint density at radius 3 is 3.28 bits per heavy atom. The molecular formula is C12H18N2O4. The van der Waals surface area contributed by atoms with Crippen molar-refractivity contribution in [3.63, 3.8) is 0 Å². The highest BCUT2D eigenvalue weighted by molar-refractivity contribution is 5.71. The molecule has 2 rings (SSSR count). The quantitative estimate of drug-likeness (QED) is 0.769. The van der Waals surface area contributed by atoms with Crippen LogP contribution < -0.4 is 0 Å². The minimum absolute atomic E-state index is 0.382. The summed E-state index contributed by atoms with van der Waals surface area (Å²) in [6, 6.07) is 1.83. The molecule has 6 heteroatoms. The topological polar surface area (TPSA) is 73.6 Å². The SMILES string of the molecule is COCCCn1nccc1[C@@H]1OCC[C@@H]1C(=O)O. The minimum atomic E-state index is -0.804. The number of hydrogen-bond donors (Lipinski definition) is 1. The first-order valence-corrected chi connectivity index (χ1v) is 6.09. The molecule has 2 atom stereocenters. The molecule has 1 aromatic rings. The molecule has 1 aliphatic rings. The number of carboxylic acids is 1. The maximum atomic E-state index is 11.1. The summed E-state index contributed by atoms with van der Waals surface area (Å²) in [6.45, 7) is 1.86. The molecule has 1 aromatic heterocycles. The van der Waals surface area contributed by atoms with Crippen molar-refractivity contribution in [3.05, 3.63) is 18.0 Å². The summed E-state index contributed by atoms with van der Waals surface area (Å²) < 4.78 is 12.4. The van der Waals surface area contributed by atoms with Gasteiger partial charge in [-0.05, 0) is 18.9 Å². The zero-order valence-electron chi connectivity index (χ0n) is 10.4. The van der Waals surface area contributed by atoms with E-state index in [2.05, 4.69) is 5.10 Å². The summed E-state index contributed by atoms with van der Waals surface area (Å²) in [6.07, 6.45) is 2.70. The van der Waals surface area contributed by atoms with E-state index in [4.69, 9.17) is 14.6 Å². The molecule has 6 nitrogen and oxygen atoms in total. The number of aryl methyl sites for hydroxylation is 1. The molecule has 1 saturated heterocycles. The van der Waals surface area contributed by atoms with Crippen LogP contribution >= 0.6 is 0 Å². The molecule has 1 N–H and O–H groups in total. The lowest BCUT2D eigenvalue weighted by molar-refractivity contribution is -0.143. The second kappa shape index (κ2) is 5.97. The fourth-order valence-electron chi connectivity index (χ4n) is 2.26. The Hall–Kier alpha value is -1.40. The molecule has 1 aliphatic heterocycles. The number of aliphatic carboxylic acids is 1. The molecule has 100 valence electrons. The van der Waals surface area contributed by atoms with Gasteiger partial charge in [-0.2, -0.15) is 5.10 Å². The molecule has 0 bridgehead atoms. The Kier molecular flexibility index (Phi) is 4.33.